The average Bonchev–Trinajstić information content (AvgIpc) is 2.62. The van der Waals surface area contributed by atoms with Crippen LogP contribution in [0.1, 0.15) is 15.9 Å². The van der Waals surface area contributed by atoms with Gasteiger partial charge >= 0.3 is 0 Å². The van der Waals surface area contributed by atoms with Crippen LogP contribution in [0.25, 0.3) is 0 Å². The first kappa shape index (κ1) is 15.0. The molecule has 116 valence electrons. The zero-order valence-corrected chi connectivity index (χ0v) is 12.6. The van der Waals surface area contributed by atoms with E-state index in [-0.39, 0.29) is 11.7 Å². The summed E-state index contributed by atoms with van der Waals surface area (Å²) in [6, 6.07) is 15.3. The van der Waals surface area contributed by atoms with Crippen molar-refractivity contribution in [2.24, 2.45) is 0 Å². The first-order valence-electron chi connectivity index (χ1n) is 7.48. The second-order valence-electron chi connectivity index (χ2n) is 5.42. The second kappa shape index (κ2) is 6.49. The minimum Gasteiger partial charge on any atom is -0.366 e. The second-order valence-corrected chi connectivity index (χ2v) is 5.42. The summed E-state index contributed by atoms with van der Waals surface area (Å²) in [6.07, 6.45) is 0. The maximum Gasteiger partial charge on any atom is 0.253 e. The largest absolute Gasteiger partial charge is 0.366 e. The van der Waals surface area contributed by atoms with Gasteiger partial charge in [-0.15, -0.1) is 0 Å². The third-order valence-electron chi connectivity index (χ3n) is 4.02. The molecule has 4 nitrogen and oxygen atoms in total. The van der Waals surface area contributed by atoms with E-state index in [2.05, 4.69) is 0 Å². The maximum absolute atomic E-state index is 13.8. The van der Waals surface area contributed by atoms with Gasteiger partial charge in [-0.3, -0.25) is 4.79 Å². The number of nitriles is 1. The minimum atomic E-state index is -0.237. The topological polar surface area (TPSA) is 47.3 Å². The summed E-state index contributed by atoms with van der Waals surface area (Å²) >= 11 is 0. The molecule has 0 bridgehead atoms. The number of carbonyl (C=O) groups excluding carboxylic acids is 1. The van der Waals surface area contributed by atoms with Crippen molar-refractivity contribution in [3.05, 3.63) is 65.5 Å². The van der Waals surface area contributed by atoms with Crippen LogP contribution in [0.2, 0.25) is 0 Å². The molecule has 5 heteroatoms. The Labute approximate surface area is 134 Å². The first-order chi connectivity index (χ1) is 11.2. The molecule has 0 unspecified atom stereocenters. The van der Waals surface area contributed by atoms with Crippen LogP contribution in [0, 0.1) is 17.1 Å². The van der Waals surface area contributed by atoms with Gasteiger partial charge < -0.3 is 9.80 Å². The van der Waals surface area contributed by atoms with Crippen LogP contribution in [-0.4, -0.2) is 37.0 Å². The summed E-state index contributed by atoms with van der Waals surface area (Å²) in [5.41, 5.74) is 1.69. The highest BCUT2D eigenvalue weighted by Crippen LogP contribution is 2.20. The molecule has 1 fully saturated rings. The Morgan fingerprint density at radius 3 is 2.26 bits per heavy atom. The number of anilines is 1. The fourth-order valence-corrected chi connectivity index (χ4v) is 2.73. The molecule has 3 rings (SSSR count). The minimum absolute atomic E-state index is 0.0531. The van der Waals surface area contributed by atoms with Gasteiger partial charge in [0, 0.05) is 31.7 Å². The Balaban J connectivity index is 1.65. The number of hydrogen-bond acceptors (Lipinski definition) is 3. The molecule has 0 radical (unpaired) electrons. The Kier molecular flexibility index (Phi) is 4.24. The predicted molar refractivity (Wildman–Crippen MR) is 85.7 cm³/mol. The molecule has 0 saturated carbocycles. The van der Waals surface area contributed by atoms with Crippen molar-refractivity contribution in [1.29, 1.82) is 5.26 Å². The Hall–Kier alpha value is -2.87. The fraction of sp³-hybridized carbons (Fsp3) is 0.222. The summed E-state index contributed by atoms with van der Waals surface area (Å²) in [6.45, 7) is 2.30. The zero-order valence-electron chi connectivity index (χ0n) is 12.6. The molecule has 2 aromatic carbocycles. The Bertz CT molecular complexity index is 744. The number of piperazine rings is 1. The van der Waals surface area contributed by atoms with E-state index >= 15 is 0 Å². The predicted octanol–water partition coefficient (Wildman–Crippen LogP) is 2.66. The molecule has 0 spiro atoms. The number of rotatable bonds is 2. The van der Waals surface area contributed by atoms with E-state index in [4.69, 9.17) is 5.26 Å². The van der Waals surface area contributed by atoms with E-state index in [9.17, 15) is 9.18 Å². The number of carbonyl (C=O) groups is 1. The summed E-state index contributed by atoms with van der Waals surface area (Å²) in [5.74, 6) is -0.290. The Morgan fingerprint density at radius 2 is 1.65 bits per heavy atom. The number of amides is 1. The molecule has 1 aliphatic heterocycles. The lowest BCUT2D eigenvalue weighted by Crippen LogP contribution is -2.49. The molecular formula is C18H16FN3O. The van der Waals surface area contributed by atoms with E-state index in [1.165, 1.54) is 6.07 Å². The van der Waals surface area contributed by atoms with Crippen molar-refractivity contribution in [3.63, 3.8) is 0 Å². The SMILES string of the molecule is N#Cc1ccc(C(=O)N2CCN(c3ccccc3F)CC2)cc1. The molecule has 0 atom stereocenters. The van der Waals surface area contributed by atoms with E-state index in [1.54, 1.807) is 41.3 Å². The highest BCUT2D eigenvalue weighted by molar-refractivity contribution is 5.94. The number of para-hydroxylation sites is 1. The lowest BCUT2D eigenvalue weighted by molar-refractivity contribution is 0.0746. The van der Waals surface area contributed by atoms with Gasteiger partial charge in [0.05, 0.1) is 17.3 Å². The van der Waals surface area contributed by atoms with Gasteiger partial charge in [-0.1, -0.05) is 12.1 Å². The van der Waals surface area contributed by atoms with Crippen LogP contribution in [-0.2, 0) is 0 Å². The van der Waals surface area contributed by atoms with Crippen LogP contribution < -0.4 is 4.90 Å². The fourth-order valence-electron chi connectivity index (χ4n) is 2.73. The van der Waals surface area contributed by atoms with Crippen LogP contribution >= 0.6 is 0 Å². The highest BCUT2D eigenvalue weighted by atomic mass is 19.1. The van der Waals surface area contributed by atoms with E-state index in [0.29, 0.717) is 43.0 Å². The summed E-state index contributed by atoms with van der Waals surface area (Å²) in [4.78, 5) is 16.2. The van der Waals surface area contributed by atoms with Crippen LogP contribution in [0.4, 0.5) is 10.1 Å². The van der Waals surface area contributed by atoms with Crippen molar-refractivity contribution in [1.82, 2.24) is 4.90 Å². The summed E-state index contributed by atoms with van der Waals surface area (Å²) < 4.78 is 13.8. The van der Waals surface area contributed by atoms with Crippen molar-refractivity contribution < 1.29 is 9.18 Å². The third-order valence-corrected chi connectivity index (χ3v) is 4.02. The molecule has 23 heavy (non-hydrogen) atoms. The van der Waals surface area contributed by atoms with Gasteiger partial charge in [-0.2, -0.15) is 5.26 Å². The zero-order chi connectivity index (χ0) is 16.2. The monoisotopic (exact) mass is 309 g/mol. The van der Waals surface area contributed by atoms with E-state index in [1.807, 2.05) is 17.0 Å². The molecule has 1 saturated heterocycles. The molecule has 0 N–H and O–H groups in total. The Morgan fingerprint density at radius 1 is 1.00 bits per heavy atom. The lowest BCUT2D eigenvalue weighted by atomic mass is 10.1. The van der Waals surface area contributed by atoms with Crippen LogP contribution in [0.3, 0.4) is 0 Å². The van der Waals surface area contributed by atoms with Crippen molar-refractivity contribution >= 4 is 11.6 Å². The van der Waals surface area contributed by atoms with Gasteiger partial charge in [0.2, 0.25) is 0 Å². The third kappa shape index (κ3) is 3.16. The number of halogens is 1. The van der Waals surface area contributed by atoms with E-state index < -0.39 is 0 Å². The van der Waals surface area contributed by atoms with Crippen molar-refractivity contribution in [3.8, 4) is 6.07 Å². The van der Waals surface area contributed by atoms with Gasteiger partial charge in [-0.05, 0) is 36.4 Å². The van der Waals surface area contributed by atoms with Crippen molar-refractivity contribution in [2.75, 3.05) is 31.1 Å². The quantitative estimate of drug-likeness (QED) is 0.857. The number of hydrogen-bond donors (Lipinski definition) is 0. The smallest absolute Gasteiger partial charge is 0.253 e. The van der Waals surface area contributed by atoms with Gasteiger partial charge in [-0.25, -0.2) is 4.39 Å². The van der Waals surface area contributed by atoms with Gasteiger partial charge in [0.15, 0.2) is 0 Å². The first-order valence-corrected chi connectivity index (χ1v) is 7.48. The number of benzene rings is 2. The average molecular weight is 309 g/mol. The molecule has 1 amide bonds. The van der Waals surface area contributed by atoms with E-state index in [0.717, 1.165) is 0 Å². The maximum atomic E-state index is 13.8. The lowest BCUT2D eigenvalue weighted by Gasteiger charge is -2.36. The molecule has 1 aliphatic rings. The molecule has 0 aromatic heterocycles. The van der Waals surface area contributed by atoms with Gasteiger partial charge in [0.1, 0.15) is 5.82 Å². The summed E-state index contributed by atoms with van der Waals surface area (Å²) in [5, 5.41) is 8.79. The van der Waals surface area contributed by atoms with Crippen LogP contribution in [0.15, 0.2) is 48.5 Å². The number of nitrogens with zero attached hydrogens (tertiary/aromatic N) is 3. The molecular weight excluding hydrogens is 293 g/mol. The molecule has 0 aliphatic carbocycles. The normalized spacial score (nSPS) is 14.4. The molecule has 2 aromatic rings. The highest BCUT2D eigenvalue weighted by Gasteiger charge is 2.23. The summed E-state index contributed by atoms with van der Waals surface area (Å²) in [7, 11) is 0. The molecule has 1 heterocycles. The van der Waals surface area contributed by atoms with Crippen LogP contribution in [0.5, 0.6) is 0 Å². The van der Waals surface area contributed by atoms with Crippen molar-refractivity contribution in [2.45, 2.75) is 0 Å². The van der Waals surface area contributed by atoms with Gasteiger partial charge in [0.25, 0.3) is 5.91 Å². The standard InChI is InChI=1S/C18H16FN3O/c19-16-3-1-2-4-17(16)21-9-11-22(12-10-21)18(23)15-7-5-14(13-20)6-8-15/h1-8H,9-12H2.